The summed E-state index contributed by atoms with van der Waals surface area (Å²) in [5.41, 5.74) is 0. The lowest BCUT2D eigenvalue weighted by Gasteiger charge is -2.04. The van der Waals surface area contributed by atoms with Crippen molar-refractivity contribution < 1.29 is 19.1 Å². The minimum Gasteiger partial charge on any atom is -0.456 e. The SMILES string of the molecule is CCCCCCCCCCCCCCCCCCOC(=O)C#CC(=O)OCCCCCCCCCCCCCCCCCC. The van der Waals surface area contributed by atoms with Gasteiger partial charge >= 0.3 is 11.9 Å². The van der Waals surface area contributed by atoms with Gasteiger partial charge < -0.3 is 9.47 Å². The van der Waals surface area contributed by atoms with Crippen LogP contribution in [0.3, 0.4) is 0 Å². The molecule has 4 heteroatoms. The van der Waals surface area contributed by atoms with Crippen LogP contribution in [-0.2, 0) is 19.1 Å². The van der Waals surface area contributed by atoms with Crippen LogP contribution in [-0.4, -0.2) is 25.2 Å². The first-order valence-electron chi connectivity index (χ1n) is 19.6. The summed E-state index contributed by atoms with van der Waals surface area (Å²) in [7, 11) is 0. The third kappa shape index (κ3) is 36.7. The zero-order valence-corrected chi connectivity index (χ0v) is 29.7. The molecular weight excluding hydrogens is 544 g/mol. The lowest BCUT2D eigenvalue weighted by Crippen LogP contribution is -2.06. The van der Waals surface area contributed by atoms with Crippen molar-refractivity contribution in [3.05, 3.63) is 0 Å². The van der Waals surface area contributed by atoms with Gasteiger partial charge in [0.15, 0.2) is 0 Å². The van der Waals surface area contributed by atoms with Crippen molar-refractivity contribution >= 4 is 11.9 Å². The van der Waals surface area contributed by atoms with E-state index in [1.54, 1.807) is 0 Å². The predicted molar refractivity (Wildman–Crippen MR) is 189 cm³/mol. The predicted octanol–water partition coefficient (Wildman–Crippen LogP) is 12.6. The fourth-order valence-electron chi connectivity index (χ4n) is 5.80. The van der Waals surface area contributed by atoms with Crippen LogP contribution >= 0.6 is 0 Å². The van der Waals surface area contributed by atoms with E-state index in [2.05, 4.69) is 25.7 Å². The van der Waals surface area contributed by atoms with Gasteiger partial charge in [-0.05, 0) is 12.8 Å². The van der Waals surface area contributed by atoms with Crippen LogP contribution in [0, 0.1) is 11.8 Å². The van der Waals surface area contributed by atoms with Gasteiger partial charge in [0.05, 0.1) is 13.2 Å². The van der Waals surface area contributed by atoms with Gasteiger partial charge in [-0.3, -0.25) is 0 Å². The number of unbranched alkanes of at least 4 members (excludes halogenated alkanes) is 30. The highest BCUT2D eigenvalue weighted by atomic mass is 16.5. The van der Waals surface area contributed by atoms with E-state index in [-0.39, 0.29) is 0 Å². The molecule has 0 saturated carbocycles. The Morgan fingerprint density at radius 1 is 0.318 bits per heavy atom. The van der Waals surface area contributed by atoms with E-state index < -0.39 is 11.9 Å². The van der Waals surface area contributed by atoms with Crippen LogP contribution in [0.15, 0.2) is 0 Å². The quantitative estimate of drug-likeness (QED) is 0.0311. The highest BCUT2D eigenvalue weighted by Gasteiger charge is 2.02. The van der Waals surface area contributed by atoms with E-state index in [0.717, 1.165) is 25.7 Å². The standard InChI is InChI=1S/C40H74O4/c1-3-5-7-9-11-13-15-17-19-21-23-25-27-29-31-33-37-43-39(41)35-36-40(42)44-38-34-32-30-28-26-24-22-20-18-16-14-12-10-8-6-4-2/h3-34,37-38H2,1-2H3. The smallest absolute Gasteiger partial charge is 0.384 e. The monoisotopic (exact) mass is 619 g/mol. The van der Waals surface area contributed by atoms with E-state index in [4.69, 9.17) is 9.47 Å². The fraction of sp³-hybridized carbons (Fsp3) is 0.900. The summed E-state index contributed by atoms with van der Waals surface area (Å²) in [6.07, 6.45) is 42.0. The maximum atomic E-state index is 11.7. The fourth-order valence-corrected chi connectivity index (χ4v) is 5.80. The van der Waals surface area contributed by atoms with Gasteiger partial charge in [0.25, 0.3) is 0 Å². The minimum absolute atomic E-state index is 0.375. The maximum absolute atomic E-state index is 11.7. The van der Waals surface area contributed by atoms with Crippen molar-refractivity contribution in [1.29, 1.82) is 0 Å². The first-order valence-corrected chi connectivity index (χ1v) is 19.6. The number of hydrogen-bond acceptors (Lipinski definition) is 4. The Labute approximate surface area is 275 Å². The van der Waals surface area contributed by atoms with Gasteiger partial charge in [0.1, 0.15) is 0 Å². The summed E-state index contributed by atoms with van der Waals surface area (Å²) >= 11 is 0. The Morgan fingerprint density at radius 3 is 0.705 bits per heavy atom. The number of hydrogen-bond donors (Lipinski definition) is 0. The number of carbonyl (C=O) groups is 2. The van der Waals surface area contributed by atoms with Crippen molar-refractivity contribution in [1.82, 2.24) is 0 Å². The van der Waals surface area contributed by atoms with Gasteiger partial charge in [-0.25, -0.2) is 9.59 Å². The number of carbonyl (C=O) groups excluding carboxylic acids is 2. The molecular formula is C40H74O4. The van der Waals surface area contributed by atoms with Crippen molar-refractivity contribution in [2.45, 2.75) is 219 Å². The first kappa shape index (κ1) is 42.5. The van der Waals surface area contributed by atoms with Crippen molar-refractivity contribution in [3.63, 3.8) is 0 Å². The van der Waals surface area contributed by atoms with Gasteiger partial charge in [-0.2, -0.15) is 0 Å². The summed E-state index contributed by atoms with van der Waals surface area (Å²) in [6.45, 7) is 5.30. The van der Waals surface area contributed by atoms with Gasteiger partial charge in [-0.1, -0.05) is 206 Å². The van der Waals surface area contributed by atoms with Gasteiger partial charge in [0.2, 0.25) is 0 Å². The summed E-state index contributed by atoms with van der Waals surface area (Å²) < 4.78 is 10.3. The van der Waals surface area contributed by atoms with Crippen LogP contribution < -0.4 is 0 Å². The molecule has 0 rings (SSSR count). The highest BCUT2D eigenvalue weighted by Crippen LogP contribution is 2.15. The summed E-state index contributed by atoms with van der Waals surface area (Å²) in [6, 6.07) is 0. The molecule has 0 heterocycles. The van der Waals surface area contributed by atoms with Crippen LogP contribution in [0.2, 0.25) is 0 Å². The number of ether oxygens (including phenoxy) is 2. The second kappa shape index (κ2) is 37.7. The second-order valence-corrected chi connectivity index (χ2v) is 13.1. The van der Waals surface area contributed by atoms with E-state index in [0.29, 0.717) is 13.2 Å². The normalized spacial score (nSPS) is 10.9. The molecule has 0 aromatic rings. The summed E-state index contributed by atoms with van der Waals surface area (Å²) in [4.78, 5) is 23.5. The Hall–Kier alpha value is -1.50. The molecule has 0 unspecified atom stereocenters. The Kier molecular flexibility index (Phi) is 36.4. The number of esters is 2. The van der Waals surface area contributed by atoms with Gasteiger partial charge in [0, 0.05) is 11.8 Å². The lowest BCUT2D eigenvalue weighted by molar-refractivity contribution is -0.138. The molecule has 0 fully saturated rings. The molecule has 0 atom stereocenters. The Bertz CT molecular complexity index is 608. The summed E-state index contributed by atoms with van der Waals surface area (Å²) in [5, 5.41) is 0. The Morgan fingerprint density at radius 2 is 0.500 bits per heavy atom. The van der Waals surface area contributed by atoms with Gasteiger partial charge in [-0.15, -0.1) is 0 Å². The molecule has 0 aromatic carbocycles. The molecule has 44 heavy (non-hydrogen) atoms. The average Bonchev–Trinajstić information content (AvgIpc) is 3.03. The number of rotatable bonds is 34. The second-order valence-electron chi connectivity index (χ2n) is 13.1. The van der Waals surface area contributed by atoms with Crippen molar-refractivity contribution in [2.24, 2.45) is 0 Å². The molecule has 0 aliphatic carbocycles. The van der Waals surface area contributed by atoms with Crippen LogP contribution in [0.1, 0.15) is 219 Å². The zero-order chi connectivity index (χ0) is 32.0. The van der Waals surface area contributed by atoms with Crippen molar-refractivity contribution in [3.8, 4) is 11.8 Å². The molecule has 0 aromatic heterocycles. The molecule has 0 bridgehead atoms. The molecule has 0 amide bonds. The maximum Gasteiger partial charge on any atom is 0.384 e. The molecule has 4 nitrogen and oxygen atoms in total. The molecule has 0 saturated heterocycles. The topological polar surface area (TPSA) is 52.6 Å². The van der Waals surface area contributed by atoms with Crippen LogP contribution in [0.5, 0.6) is 0 Å². The molecule has 0 spiro atoms. The molecule has 0 aliphatic rings. The molecule has 0 radical (unpaired) electrons. The first-order chi connectivity index (χ1) is 21.7. The van der Waals surface area contributed by atoms with E-state index >= 15 is 0 Å². The van der Waals surface area contributed by atoms with E-state index in [9.17, 15) is 9.59 Å². The molecule has 0 aliphatic heterocycles. The largest absolute Gasteiger partial charge is 0.456 e. The third-order valence-electron chi connectivity index (χ3n) is 8.73. The molecule has 258 valence electrons. The van der Waals surface area contributed by atoms with E-state index in [1.165, 1.54) is 180 Å². The Balaban J connectivity index is 3.35. The summed E-state index contributed by atoms with van der Waals surface area (Å²) in [5.74, 6) is 3.25. The average molecular weight is 619 g/mol. The molecule has 0 N–H and O–H groups in total. The van der Waals surface area contributed by atoms with Crippen molar-refractivity contribution in [2.75, 3.05) is 13.2 Å². The van der Waals surface area contributed by atoms with E-state index in [1.807, 2.05) is 0 Å². The van der Waals surface area contributed by atoms with Crippen LogP contribution in [0.4, 0.5) is 0 Å². The third-order valence-corrected chi connectivity index (χ3v) is 8.73. The zero-order valence-electron chi connectivity index (χ0n) is 29.7. The highest BCUT2D eigenvalue weighted by molar-refractivity contribution is 5.98. The minimum atomic E-state index is -0.634. The lowest BCUT2D eigenvalue weighted by atomic mass is 10.0. The van der Waals surface area contributed by atoms with Crippen LogP contribution in [0.25, 0.3) is 0 Å².